The molecule has 4 nitrogen and oxygen atoms in total. The fourth-order valence-electron chi connectivity index (χ4n) is 2.27. The Balaban J connectivity index is 2.15. The molecule has 1 amide bonds. The van der Waals surface area contributed by atoms with Gasteiger partial charge in [0.1, 0.15) is 11.9 Å². The van der Waals surface area contributed by atoms with Crippen LogP contribution in [0.2, 0.25) is 0 Å². The van der Waals surface area contributed by atoms with E-state index in [0.29, 0.717) is 11.3 Å². The van der Waals surface area contributed by atoms with E-state index in [0.717, 1.165) is 30.2 Å². The third-order valence-corrected chi connectivity index (χ3v) is 3.66. The Kier molecular flexibility index (Phi) is 4.24. The lowest BCUT2D eigenvalue weighted by Gasteiger charge is -2.27. The zero-order chi connectivity index (χ0) is 13.1. The highest BCUT2D eigenvalue weighted by Crippen LogP contribution is 2.27. The summed E-state index contributed by atoms with van der Waals surface area (Å²) in [5, 5.41) is 0. The quantitative estimate of drug-likeness (QED) is 0.898. The number of amides is 1. The summed E-state index contributed by atoms with van der Waals surface area (Å²) in [6.07, 6.45) is 3.99. The van der Waals surface area contributed by atoms with Crippen LogP contribution in [-0.4, -0.2) is 18.1 Å². The normalized spacial score (nSPS) is 23.7. The summed E-state index contributed by atoms with van der Waals surface area (Å²) in [5.74, 6) is 0.0659. The van der Waals surface area contributed by atoms with Crippen LogP contribution < -0.4 is 16.2 Å². The molecule has 0 bridgehead atoms. The maximum Gasteiger partial charge on any atom is 0.252 e. The molecule has 0 saturated heterocycles. The molecule has 0 aliphatic heterocycles. The number of primary amides is 1. The number of rotatable bonds is 3. The summed E-state index contributed by atoms with van der Waals surface area (Å²) in [4.78, 5) is 11.4. The van der Waals surface area contributed by atoms with Crippen LogP contribution in [0.4, 0.5) is 0 Å². The van der Waals surface area contributed by atoms with Crippen LogP contribution in [0.1, 0.15) is 36.0 Å². The molecule has 2 unspecified atom stereocenters. The van der Waals surface area contributed by atoms with Crippen LogP contribution in [0.25, 0.3) is 0 Å². The zero-order valence-electron chi connectivity index (χ0n) is 10.1. The summed E-state index contributed by atoms with van der Waals surface area (Å²) in [6, 6.07) is 5.48. The Morgan fingerprint density at radius 2 is 2.17 bits per heavy atom. The van der Waals surface area contributed by atoms with E-state index < -0.39 is 5.91 Å². The molecule has 4 N–H and O–H groups in total. The highest BCUT2D eigenvalue weighted by molar-refractivity contribution is 9.10. The van der Waals surface area contributed by atoms with Crippen molar-refractivity contribution in [1.82, 2.24) is 0 Å². The van der Waals surface area contributed by atoms with Crippen molar-refractivity contribution < 1.29 is 9.53 Å². The van der Waals surface area contributed by atoms with Gasteiger partial charge in [-0.05, 0) is 43.9 Å². The van der Waals surface area contributed by atoms with Gasteiger partial charge in [0.25, 0.3) is 5.91 Å². The third kappa shape index (κ3) is 3.23. The average molecular weight is 313 g/mol. The van der Waals surface area contributed by atoms with Crippen LogP contribution in [-0.2, 0) is 0 Å². The van der Waals surface area contributed by atoms with Gasteiger partial charge in [0.05, 0.1) is 5.56 Å². The molecule has 1 fully saturated rings. The molecule has 1 aliphatic carbocycles. The molecule has 98 valence electrons. The molecule has 0 aromatic heterocycles. The van der Waals surface area contributed by atoms with Gasteiger partial charge in [-0.15, -0.1) is 0 Å². The minimum absolute atomic E-state index is 0.0769. The van der Waals surface area contributed by atoms with E-state index in [-0.39, 0.29) is 12.1 Å². The van der Waals surface area contributed by atoms with Gasteiger partial charge in [0.2, 0.25) is 0 Å². The molecule has 18 heavy (non-hydrogen) atoms. The van der Waals surface area contributed by atoms with Gasteiger partial charge >= 0.3 is 0 Å². The number of carbonyl (C=O) groups is 1. The predicted octanol–water partition coefficient (Wildman–Crippen LogP) is 2.20. The number of benzene rings is 1. The lowest BCUT2D eigenvalue weighted by atomic mass is 9.93. The van der Waals surface area contributed by atoms with E-state index in [1.807, 2.05) is 6.07 Å². The Bertz CT molecular complexity index is 451. The second kappa shape index (κ2) is 5.71. The average Bonchev–Trinajstić information content (AvgIpc) is 2.31. The Hall–Kier alpha value is -1.07. The van der Waals surface area contributed by atoms with Gasteiger partial charge in [-0.3, -0.25) is 4.79 Å². The number of halogens is 1. The van der Waals surface area contributed by atoms with Crippen molar-refractivity contribution in [2.45, 2.75) is 37.8 Å². The van der Waals surface area contributed by atoms with Gasteiger partial charge < -0.3 is 16.2 Å². The molecule has 1 aromatic rings. The summed E-state index contributed by atoms with van der Waals surface area (Å²) in [5.41, 5.74) is 11.7. The lowest BCUT2D eigenvalue weighted by molar-refractivity contribution is 0.0986. The topological polar surface area (TPSA) is 78.3 Å². The van der Waals surface area contributed by atoms with Gasteiger partial charge in [-0.25, -0.2) is 0 Å². The monoisotopic (exact) mass is 312 g/mol. The first-order valence-corrected chi connectivity index (χ1v) is 6.87. The zero-order valence-corrected chi connectivity index (χ0v) is 11.7. The van der Waals surface area contributed by atoms with Crippen LogP contribution >= 0.6 is 15.9 Å². The second-order valence-electron chi connectivity index (χ2n) is 4.67. The minimum Gasteiger partial charge on any atom is -0.490 e. The van der Waals surface area contributed by atoms with Gasteiger partial charge in [-0.1, -0.05) is 15.9 Å². The Labute approximate surface area is 115 Å². The van der Waals surface area contributed by atoms with Gasteiger partial charge in [0.15, 0.2) is 0 Å². The highest BCUT2D eigenvalue weighted by atomic mass is 79.9. The SMILES string of the molecule is NC(=O)c1cc(Br)ccc1OC1CCCC(N)C1. The lowest BCUT2D eigenvalue weighted by Crippen LogP contribution is -2.34. The summed E-state index contributed by atoms with van der Waals surface area (Å²) >= 11 is 3.32. The van der Waals surface area contributed by atoms with E-state index in [1.165, 1.54) is 0 Å². The third-order valence-electron chi connectivity index (χ3n) is 3.17. The summed E-state index contributed by atoms with van der Waals surface area (Å²) in [7, 11) is 0. The van der Waals surface area contributed by atoms with E-state index >= 15 is 0 Å². The molecular weight excluding hydrogens is 296 g/mol. The van der Waals surface area contributed by atoms with E-state index in [4.69, 9.17) is 16.2 Å². The van der Waals surface area contributed by atoms with Crippen molar-refractivity contribution in [2.24, 2.45) is 11.5 Å². The molecule has 0 spiro atoms. The summed E-state index contributed by atoms with van der Waals surface area (Å²) in [6.45, 7) is 0. The molecule has 0 radical (unpaired) electrons. The van der Waals surface area contributed by atoms with Gasteiger partial charge in [0, 0.05) is 10.5 Å². The van der Waals surface area contributed by atoms with Crippen molar-refractivity contribution in [3.63, 3.8) is 0 Å². The van der Waals surface area contributed by atoms with Crippen molar-refractivity contribution in [3.05, 3.63) is 28.2 Å². The molecule has 1 aliphatic rings. The van der Waals surface area contributed by atoms with Crippen molar-refractivity contribution in [3.8, 4) is 5.75 Å². The highest BCUT2D eigenvalue weighted by Gasteiger charge is 2.22. The van der Waals surface area contributed by atoms with Crippen LogP contribution in [0.5, 0.6) is 5.75 Å². The number of nitrogens with two attached hydrogens (primary N) is 2. The van der Waals surface area contributed by atoms with Gasteiger partial charge in [-0.2, -0.15) is 0 Å². The predicted molar refractivity (Wildman–Crippen MR) is 73.5 cm³/mol. The number of ether oxygens (including phenoxy) is 1. The fraction of sp³-hybridized carbons (Fsp3) is 0.462. The molecule has 2 atom stereocenters. The van der Waals surface area contributed by atoms with Crippen molar-refractivity contribution >= 4 is 21.8 Å². The summed E-state index contributed by atoms with van der Waals surface area (Å²) < 4.78 is 6.68. The number of hydrogen-bond donors (Lipinski definition) is 2. The number of carbonyl (C=O) groups excluding carboxylic acids is 1. The first kappa shape index (κ1) is 13.4. The molecule has 2 rings (SSSR count). The van der Waals surface area contributed by atoms with Crippen LogP contribution in [0.3, 0.4) is 0 Å². The maximum absolute atomic E-state index is 11.4. The number of hydrogen-bond acceptors (Lipinski definition) is 3. The van der Waals surface area contributed by atoms with Crippen LogP contribution in [0.15, 0.2) is 22.7 Å². The maximum atomic E-state index is 11.4. The van der Waals surface area contributed by atoms with Crippen molar-refractivity contribution in [2.75, 3.05) is 0 Å². The van der Waals surface area contributed by atoms with Crippen molar-refractivity contribution in [1.29, 1.82) is 0 Å². The molecule has 1 saturated carbocycles. The smallest absolute Gasteiger partial charge is 0.252 e. The second-order valence-corrected chi connectivity index (χ2v) is 5.59. The Morgan fingerprint density at radius 1 is 1.39 bits per heavy atom. The molecular formula is C13H17BrN2O2. The molecule has 0 heterocycles. The minimum atomic E-state index is -0.480. The van der Waals surface area contributed by atoms with Crippen LogP contribution in [0, 0.1) is 0 Å². The Morgan fingerprint density at radius 3 is 2.83 bits per heavy atom. The largest absolute Gasteiger partial charge is 0.490 e. The van der Waals surface area contributed by atoms with E-state index in [2.05, 4.69) is 15.9 Å². The standard InChI is InChI=1S/C13H17BrN2O2/c14-8-4-5-12(11(6-8)13(16)17)18-10-3-1-2-9(15)7-10/h4-6,9-10H,1-3,7,15H2,(H2,16,17). The van der Waals surface area contributed by atoms with E-state index in [9.17, 15) is 4.79 Å². The first-order valence-electron chi connectivity index (χ1n) is 6.08. The van der Waals surface area contributed by atoms with E-state index in [1.54, 1.807) is 12.1 Å². The molecule has 1 aromatic carbocycles. The molecule has 5 heteroatoms. The first-order chi connectivity index (χ1) is 8.56. The fourth-order valence-corrected chi connectivity index (χ4v) is 2.63.